The largest absolute Gasteiger partial charge is 0.370 e. The van der Waals surface area contributed by atoms with Gasteiger partial charge in [-0.3, -0.25) is 4.79 Å². The van der Waals surface area contributed by atoms with Crippen molar-refractivity contribution in [3.8, 4) is 0 Å². The summed E-state index contributed by atoms with van der Waals surface area (Å²) in [6.45, 7) is 5.31. The Hall–Kier alpha value is -2.45. The summed E-state index contributed by atoms with van der Waals surface area (Å²) in [5.41, 5.74) is 1.11. The van der Waals surface area contributed by atoms with Crippen LogP contribution in [0.1, 0.15) is 26.2 Å². The SMILES string of the molecule is CCCC(=O)Nc1cc(N2CCCNCC2)ccc1S(=O)(=O)c1ccc(F)cc1. The van der Waals surface area contributed by atoms with Gasteiger partial charge in [-0.25, -0.2) is 12.8 Å². The van der Waals surface area contributed by atoms with Crippen LogP contribution in [0.2, 0.25) is 0 Å². The lowest BCUT2D eigenvalue weighted by Gasteiger charge is -2.24. The molecule has 0 radical (unpaired) electrons. The molecule has 156 valence electrons. The Morgan fingerprint density at radius 1 is 1.14 bits per heavy atom. The fourth-order valence-electron chi connectivity index (χ4n) is 3.33. The molecule has 1 saturated heterocycles. The van der Waals surface area contributed by atoms with Crippen molar-refractivity contribution in [2.75, 3.05) is 36.4 Å². The van der Waals surface area contributed by atoms with Gasteiger partial charge in [0.25, 0.3) is 0 Å². The summed E-state index contributed by atoms with van der Waals surface area (Å²) in [6, 6.07) is 9.69. The second kappa shape index (κ2) is 9.37. The van der Waals surface area contributed by atoms with E-state index >= 15 is 0 Å². The van der Waals surface area contributed by atoms with E-state index in [1.54, 1.807) is 12.1 Å². The molecule has 0 atom stereocenters. The Balaban J connectivity index is 2.02. The summed E-state index contributed by atoms with van der Waals surface area (Å²) in [5.74, 6) is -0.747. The van der Waals surface area contributed by atoms with Crippen molar-refractivity contribution in [2.24, 2.45) is 0 Å². The summed E-state index contributed by atoms with van der Waals surface area (Å²) in [7, 11) is -3.91. The van der Waals surface area contributed by atoms with Gasteiger partial charge in [0.15, 0.2) is 0 Å². The molecule has 0 aliphatic carbocycles. The van der Waals surface area contributed by atoms with Crippen molar-refractivity contribution >= 4 is 27.1 Å². The lowest BCUT2D eigenvalue weighted by Crippen LogP contribution is -2.28. The molecule has 1 fully saturated rings. The van der Waals surface area contributed by atoms with E-state index in [9.17, 15) is 17.6 Å². The topological polar surface area (TPSA) is 78.5 Å². The number of carbonyl (C=O) groups excluding carboxylic acids is 1. The van der Waals surface area contributed by atoms with Crippen molar-refractivity contribution in [2.45, 2.75) is 36.0 Å². The van der Waals surface area contributed by atoms with Gasteiger partial charge in [0.1, 0.15) is 5.82 Å². The highest BCUT2D eigenvalue weighted by Gasteiger charge is 2.24. The molecular formula is C21H26FN3O3S. The molecule has 1 aliphatic heterocycles. The number of carbonyl (C=O) groups is 1. The minimum Gasteiger partial charge on any atom is -0.370 e. The number of anilines is 2. The number of benzene rings is 2. The fourth-order valence-corrected chi connectivity index (χ4v) is 4.73. The fraction of sp³-hybridized carbons (Fsp3) is 0.381. The number of nitrogens with zero attached hydrogens (tertiary/aromatic N) is 1. The normalized spacial score (nSPS) is 15.0. The molecule has 0 spiro atoms. The van der Waals surface area contributed by atoms with Gasteiger partial charge in [0.05, 0.1) is 15.5 Å². The molecule has 3 rings (SSSR count). The lowest BCUT2D eigenvalue weighted by molar-refractivity contribution is -0.116. The minimum atomic E-state index is -3.91. The van der Waals surface area contributed by atoms with Crippen molar-refractivity contribution < 1.29 is 17.6 Å². The minimum absolute atomic E-state index is 0.00487. The molecule has 0 aromatic heterocycles. The first-order chi connectivity index (χ1) is 13.9. The Morgan fingerprint density at radius 2 is 1.90 bits per heavy atom. The predicted molar refractivity (Wildman–Crippen MR) is 112 cm³/mol. The van der Waals surface area contributed by atoms with Crippen LogP contribution in [0, 0.1) is 5.82 Å². The smallest absolute Gasteiger partial charge is 0.224 e. The summed E-state index contributed by atoms with van der Waals surface area (Å²) in [5, 5.41) is 6.09. The highest BCUT2D eigenvalue weighted by molar-refractivity contribution is 7.91. The molecule has 2 aromatic carbocycles. The average molecular weight is 420 g/mol. The molecule has 1 heterocycles. The molecule has 29 heavy (non-hydrogen) atoms. The van der Waals surface area contributed by atoms with Gasteiger partial charge in [-0.2, -0.15) is 0 Å². The van der Waals surface area contributed by atoms with Crippen molar-refractivity contribution in [3.05, 3.63) is 48.3 Å². The maximum absolute atomic E-state index is 13.2. The van der Waals surface area contributed by atoms with Crippen LogP contribution >= 0.6 is 0 Å². The molecule has 2 aromatic rings. The monoisotopic (exact) mass is 419 g/mol. The summed E-state index contributed by atoms with van der Waals surface area (Å²) in [6.07, 6.45) is 1.93. The molecule has 1 amide bonds. The van der Waals surface area contributed by atoms with E-state index in [0.29, 0.717) is 12.8 Å². The summed E-state index contributed by atoms with van der Waals surface area (Å²) >= 11 is 0. The zero-order valence-corrected chi connectivity index (χ0v) is 17.3. The number of rotatable bonds is 6. The van der Waals surface area contributed by atoms with Gasteiger partial charge in [-0.15, -0.1) is 0 Å². The number of hydrogen-bond donors (Lipinski definition) is 2. The first-order valence-corrected chi connectivity index (χ1v) is 11.3. The molecular weight excluding hydrogens is 393 g/mol. The number of amides is 1. The van der Waals surface area contributed by atoms with Crippen LogP contribution in [-0.4, -0.2) is 40.5 Å². The third-order valence-corrected chi connectivity index (χ3v) is 6.66. The molecule has 6 nitrogen and oxygen atoms in total. The lowest BCUT2D eigenvalue weighted by atomic mass is 10.2. The van der Waals surface area contributed by atoms with E-state index in [0.717, 1.165) is 50.4 Å². The van der Waals surface area contributed by atoms with Gasteiger partial charge in [0.2, 0.25) is 15.7 Å². The maximum atomic E-state index is 13.2. The van der Waals surface area contributed by atoms with Gasteiger partial charge in [-0.1, -0.05) is 6.92 Å². The summed E-state index contributed by atoms with van der Waals surface area (Å²) in [4.78, 5) is 14.4. The zero-order valence-electron chi connectivity index (χ0n) is 16.4. The second-order valence-electron chi connectivity index (χ2n) is 7.03. The maximum Gasteiger partial charge on any atom is 0.224 e. The van der Waals surface area contributed by atoms with Crippen LogP contribution < -0.4 is 15.5 Å². The number of nitrogens with one attached hydrogen (secondary N) is 2. The van der Waals surface area contributed by atoms with Crippen LogP contribution in [0.25, 0.3) is 0 Å². The van der Waals surface area contributed by atoms with E-state index in [4.69, 9.17) is 0 Å². The van der Waals surface area contributed by atoms with E-state index in [1.807, 2.05) is 6.92 Å². The van der Waals surface area contributed by atoms with Gasteiger partial charge in [0, 0.05) is 31.7 Å². The quantitative estimate of drug-likeness (QED) is 0.703. The van der Waals surface area contributed by atoms with Crippen molar-refractivity contribution in [3.63, 3.8) is 0 Å². The molecule has 1 aliphatic rings. The average Bonchev–Trinajstić information content (AvgIpc) is 2.98. The highest BCUT2D eigenvalue weighted by Crippen LogP contribution is 2.32. The number of sulfone groups is 1. The van der Waals surface area contributed by atoms with Crippen LogP contribution in [0.5, 0.6) is 0 Å². The van der Waals surface area contributed by atoms with E-state index in [-0.39, 0.29) is 21.4 Å². The third-order valence-electron chi connectivity index (χ3n) is 4.83. The summed E-state index contributed by atoms with van der Waals surface area (Å²) < 4.78 is 39.5. The highest BCUT2D eigenvalue weighted by atomic mass is 32.2. The molecule has 2 N–H and O–H groups in total. The zero-order chi connectivity index (χ0) is 20.9. The van der Waals surface area contributed by atoms with Crippen molar-refractivity contribution in [1.29, 1.82) is 0 Å². The Kier molecular flexibility index (Phi) is 6.87. The molecule has 0 unspecified atom stereocenters. The van der Waals surface area contributed by atoms with Gasteiger partial charge in [-0.05, 0) is 61.9 Å². The number of halogens is 1. The second-order valence-corrected chi connectivity index (χ2v) is 8.94. The van der Waals surface area contributed by atoms with Gasteiger partial charge >= 0.3 is 0 Å². The predicted octanol–water partition coefficient (Wildman–Crippen LogP) is 3.20. The standard InChI is InChI=1S/C21H26FN3O3S/c1-2-4-21(26)24-19-15-17(25-13-3-11-23-12-14-25)7-10-20(19)29(27,28)18-8-5-16(22)6-9-18/h5-10,15,23H,2-4,11-14H2,1H3,(H,24,26). The Bertz CT molecular complexity index is 954. The Labute approximate surface area is 171 Å². The van der Waals surface area contributed by atoms with Crippen molar-refractivity contribution in [1.82, 2.24) is 5.32 Å². The Morgan fingerprint density at radius 3 is 2.62 bits per heavy atom. The van der Waals surface area contributed by atoms with Crippen LogP contribution in [0.3, 0.4) is 0 Å². The molecule has 8 heteroatoms. The first-order valence-electron chi connectivity index (χ1n) is 9.82. The van der Waals surface area contributed by atoms with Crippen LogP contribution in [0.4, 0.5) is 15.8 Å². The van der Waals surface area contributed by atoms with Gasteiger partial charge < -0.3 is 15.5 Å². The van der Waals surface area contributed by atoms with E-state index in [1.165, 1.54) is 18.2 Å². The third kappa shape index (κ3) is 5.13. The van der Waals surface area contributed by atoms with Crippen LogP contribution in [0.15, 0.2) is 52.3 Å². The first kappa shape index (κ1) is 21.3. The van der Waals surface area contributed by atoms with E-state index < -0.39 is 15.7 Å². The van der Waals surface area contributed by atoms with E-state index in [2.05, 4.69) is 15.5 Å². The van der Waals surface area contributed by atoms with Crippen LogP contribution in [-0.2, 0) is 14.6 Å². The molecule has 0 saturated carbocycles. The molecule has 0 bridgehead atoms. The number of hydrogen-bond acceptors (Lipinski definition) is 5.